The first-order valence-corrected chi connectivity index (χ1v) is 7.22. The standard InChI is InChI=1S/C15H22N4O2/c1-3-18(9-10-20)15(21)16-7-6-13-11-19-8-4-5-12(2)14(19)17-13/h4-5,8,11,20H,3,6-7,9-10H2,1-2H3,(H,16,21). The van der Waals surface area contributed by atoms with E-state index in [9.17, 15) is 4.79 Å². The smallest absolute Gasteiger partial charge is 0.317 e. The maximum absolute atomic E-state index is 11.9. The number of nitrogens with zero attached hydrogens (tertiary/aromatic N) is 3. The topological polar surface area (TPSA) is 69.9 Å². The van der Waals surface area contributed by atoms with E-state index in [1.807, 2.05) is 42.8 Å². The number of amides is 2. The highest BCUT2D eigenvalue weighted by atomic mass is 16.3. The molecule has 6 nitrogen and oxygen atoms in total. The van der Waals surface area contributed by atoms with E-state index in [0.717, 1.165) is 16.9 Å². The predicted octanol–water partition coefficient (Wildman–Crippen LogP) is 1.21. The summed E-state index contributed by atoms with van der Waals surface area (Å²) in [5, 5.41) is 11.7. The lowest BCUT2D eigenvalue weighted by atomic mass is 10.3. The van der Waals surface area contributed by atoms with Crippen molar-refractivity contribution in [2.24, 2.45) is 0 Å². The van der Waals surface area contributed by atoms with Crippen molar-refractivity contribution in [1.29, 1.82) is 0 Å². The van der Waals surface area contributed by atoms with Gasteiger partial charge in [0.1, 0.15) is 5.65 Å². The number of fused-ring (bicyclic) bond motifs is 1. The highest BCUT2D eigenvalue weighted by molar-refractivity contribution is 5.74. The highest BCUT2D eigenvalue weighted by Crippen LogP contribution is 2.10. The lowest BCUT2D eigenvalue weighted by molar-refractivity contribution is 0.180. The second kappa shape index (κ2) is 7.08. The fourth-order valence-electron chi connectivity index (χ4n) is 2.26. The molecule has 0 aliphatic carbocycles. The van der Waals surface area contributed by atoms with Gasteiger partial charge in [0.15, 0.2) is 0 Å². The molecule has 0 aliphatic heterocycles. The Hall–Kier alpha value is -2.08. The summed E-state index contributed by atoms with van der Waals surface area (Å²) in [6.07, 6.45) is 4.64. The summed E-state index contributed by atoms with van der Waals surface area (Å²) in [7, 11) is 0. The number of hydrogen-bond donors (Lipinski definition) is 2. The van der Waals surface area contributed by atoms with E-state index < -0.39 is 0 Å². The molecule has 0 saturated heterocycles. The van der Waals surface area contributed by atoms with Crippen molar-refractivity contribution < 1.29 is 9.90 Å². The lowest BCUT2D eigenvalue weighted by Crippen LogP contribution is -2.42. The maximum Gasteiger partial charge on any atom is 0.317 e. The first-order valence-electron chi connectivity index (χ1n) is 7.22. The summed E-state index contributed by atoms with van der Waals surface area (Å²) in [6, 6.07) is 3.87. The SMILES string of the molecule is CCN(CCO)C(=O)NCCc1cn2cccc(C)c2n1. The van der Waals surface area contributed by atoms with E-state index in [2.05, 4.69) is 10.3 Å². The van der Waals surface area contributed by atoms with Gasteiger partial charge in [-0.3, -0.25) is 0 Å². The number of aromatic nitrogens is 2. The summed E-state index contributed by atoms with van der Waals surface area (Å²) in [6.45, 7) is 5.37. The number of aryl methyl sites for hydroxylation is 1. The van der Waals surface area contributed by atoms with E-state index >= 15 is 0 Å². The molecule has 0 aliphatic rings. The molecule has 2 amide bonds. The number of pyridine rings is 1. The summed E-state index contributed by atoms with van der Waals surface area (Å²) in [4.78, 5) is 18.0. The molecule has 2 aromatic rings. The fraction of sp³-hybridized carbons (Fsp3) is 0.467. The molecule has 2 rings (SSSR count). The zero-order chi connectivity index (χ0) is 15.2. The normalized spacial score (nSPS) is 10.8. The minimum atomic E-state index is -0.147. The molecule has 21 heavy (non-hydrogen) atoms. The van der Waals surface area contributed by atoms with Crippen LogP contribution in [0.4, 0.5) is 4.79 Å². The molecule has 2 heterocycles. The van der Waals surface area contributed by atoms with E-state index in [0.29, 0.717) is 26.1 Å². The molecule has 0 saturated carbocycles. The first-order chi connectivity index (χ1) is 10.2. The number of urea groups is 1. The number of likely N-dealkylation sites (N-methyl/N-ethyl adjacent to an activating group) is 1. The largest absolute Gasteiger partial charge is 0.395 e. The summed E-state index contributed by atoms with van der Waals surface area (Å²) >= 11 is 0. The van der Waals surface area contributed by atoms with Crippen molar-refractivity contribution in [3.05, 3.63) is 35.8 Å². The summed E-state index contributed by atoms with van der Waals surface area (Å²) < 4.78 is 2.00. The Bertz CT molecular complexity index is 609. The van der Waals surface area contributed by atoms with Gasteiger partial charge in [0.2, 0.25) is 0 Å². The number of nitrogens with one attached hydrogen (secondary N) is 1. The van der Waals surface area contributed by atoms with Gasteiger partial charge in [-0.15, -0.1) is 0 Å². The number of imidazole rings is 1. The van der Waals surface area contributed by atoms with Crippen molar-refractivity contribution in [3.63, 3.8) is 0 Å². The van der Waals surface area contributed by atoms with Crippen LogP contribution in [0.25, 0.3) is 5.65 Å². The van der Waals surface area contributed by atoms with Crippen LogP contribution in [0.1, 0.15) is 18.2 Å². The lowest BCUT2D eigenvalue weighted by Gasteiger charge is -2.19. The molecule has 114 valence electrons. The van der Waals surface area contributed by atoms with Crippen LogP contribution in [0.3, 0.4) is 0 Å². The molecule has 0 bridgehead atoms. The number of hydrogen-bond acceptors (Lipinski definition) is 3. The highest BCUT2D eigenvalue weighted by Gasteiger charge is 2.10. The molecular weight excluding hydrogens is 268 g/mol. The molecule has 6 heteroatoms. The van der Waals surface area contributed by atoms with Crippen molar-refractivity contribution in [2.45, 2.75) is 20.3 Å². The summed E-state index contributed by atoms with van der Waals surface area (Å²) in [5.41, 5.74) is 3.04. The van der Waals surface area contributed by atoms with Gasteiger partial charge in [-0.2, -0.15) is 0 Å². The minimum Gasteiger partial charge on any atom is -0.395 e. The average molecular weight is 290 g/mol. The fourth-order valence-corrected chi connectivity index (χ4v) is 2.26. The Labute approximate surface area is 124 Å². The van der Waals surface area contributed by atoms with Gasteiger partial charge in [0, 0.05) is 38.4 Å². The van der Waals surface area contributed by atoms with E-state index in [4.69, 9.17) is 5.11 Å². The number of rotatable bonds is 6. The van der Waals surface area contributed by atoms with Gasteiger partial charge >= 0.3 is 6.03 Å². The van der Waals surface area contributed by atoms with Crippen molar-refractivity contribution in [1.82, 2.24) is 19.6 Å². The molecule has 0 unspecified atom stereocenters. The van der Waals surface area contributed by atoms with Crippen molar-refractivity contribution in [2.75, 3.05) is 26.2 Å². The van der Waals surface area contributed by atoms with Gasteiger partial charge in [-0.1, -0.05) is 6.07 Å². The molecule has 0 fully saturated rings. The second-order valence-corrected chi connectivity index (χ2v) is 4.94. The molecule has 2 aromatic heterocycles. The molecular formula is C15H22N4O2. The van der Waals surface area contributed by atoms with Gasteiger partial charge < -0.3 is 19.7 Å². The Balaban J connectivity index is 1.90. The van der Waals surface area contributed by atoms with Crippen LogP contribution >= 0.6 is 0 Å². The number of carbonyl (C=O) groups is 1. The first kappa shape index (κ1) is 15.3. The second-order valence-electron chi connectivity index (χ2n) is 4.94. The Kier molecular flexibility index (Phi) is 5.16. The zero-order valence-electron chi connectivity index (χ0n) is 12.5. The van der Waals surface area contributed by atoms with Crippen molar-refractivity contribution in [3.8, 4) is 0 Å². The van der Waals surface area contributed by atoms with Crippen LogP contribution in [0.15, 0.2) is 24.5 Å². The quantitative estimate of drug-likeness (QED) is 0.840. The number of aliphatic hydroxyl groups is 1. The zero-order valence-corrected chi connectivity index (χ0v) is 12.5. The predicted molar refractivity (Wildman–Crippen MR) is 81.4 cm³/mol. The van der Waals surface area contributed by atoms with Gasteiger partial charge in [-0.05, 0) is 25.5 Å². The number of aliphatic hydroxyl groups excluding tert-OH is 1. The van der Waals surface area contributed by atoms with Crippen LogP contribution in [-0.4, -0.2) is 51.7 Å². The van der Waals surface area contributed by atoms with Gasteiger partial charge in [0.25, 0.3) is 0 Å². The van der Waals surface area contributed by atoms with Crippen LogP contribution in [0.2, 0.25) is 0 Å². The van der Waals surface area contributed by atoms with Crippen molar-refractivity contribution >= 4 is 11.7 Å². The van der Waals surface area contributed by atoms with Crippen LogP contribution in [-0.2, 0) is 6.42 Å². The third-order valence-electron chi connectivity index (χ3n) is 3.42. The Morgan fingerprint density at radius 3 is 3.00 bits per heavy atom. The third-order valence-corrected chi connectivity index (χ3v) is 3.42. The van der Waals surface area contributed by atoms with Crippen LogP contribution < -0.4 is 5.32 Å². The Morgan fingerprint density at radius 2 is 2.33 bits per heavy atom. The molecule has 0 radical (unpaired) electrons. The van der Waals surface area contributed by atoms with E-state index in [1.165, 1.54) is 0 Å². The Morgan fingerprint density at radius 1 is 1.52 bits per heavy atom. The van der Waals surface area contributed by atoms with E-state index in [1.54, 1.807) is 4.90 Å². The van der Waals surface area contributed by atoms with E-state index in [-0.39, 0.29) is 12.6 Å². The monoisotopic (exact) mass is 290 g/mol. The summed E-state index contributed by atoms with van der Waals surface area (Å²) in [5.74, 6) is 0. The third kappa shape index (κ3) is 3.72. The van der Waals surface area contributed by atoms with Crippen LogP contribution in [0, 0.1) is 6.92 Å². The minimum absolute atomic E-state index is 0.0209. The molecule has 0 spiro atoms. The maximum atomic E-state index is 11.9. The van der Waals surface area contributed by atoms with Crippen LogP contribution in [0.5, 0.6) is 0 Å². The number of carbonyl (C=O) groups excluding carboxylic acids is 1. The molecule has 0 atom stereocenters. The average Bonchev–Trinajstić information content (AvgIpc) is 2.89. The molecule has 2 N–H and O–H groups in total. The van der Waals surface area contributed by atoms with Gasteiger partial charge in [-0.25, -0.2) is 9.78 Å². The van der Waals surface area contributed by atoms with Gasteiger partial charge in [0.05, 0.1) is 12.3 Å². The molecule has 0 aromatic carbocycles.